The van der Waals surface area contributed by atoms with Crippen molar-refractivity contribution in [3.63, 3.8) is 0 Å². The fourth-order valence-corrected chi connectivity index (χ4v) is 4.30. The van der Waals surface area contributed by atoms with Crippen LogP contribution in [0.15, 0.2) is 30.4 Å². The SMILES string of the molecule is C=C1C2(C(=O)Oc3cc(C)cc(C)c3)CCC(C2)C1(C)C. The van der Waals surface area contributed by atoms with Gasteiger partial charge in [-0.25, -0.2) is 0 Å². The highest BCUT2D eigenvalue weighted by Gasteiger charge is 2.61. The monoisotopic (exact) mass is 284 g/mol. The molecule has 2 aliphatic carbocycles. The first-order chi connectivity index (χ1) is 9.75. The third-order valence-electron chi connectivity index (χ3n) is 5.69. The largest absolute Gasteiger partial charge is 0.426 e. The van der Waals surface area contributed by atoms with Gasteiger partial charge in [-0.1, -0.05) is 32.1 Å². The maximum absolute atomic E-state index is 12.8. The molecule has 2 nitrogen and oxygen atoms in total. The normalized spacial score (nSPS) is 29.7. The number of aryl methyl sites for hydroxylation is 2. The first-order valence-corrected chi connectivity index (χ1v) is 7.76. The third kappa shape index (κ3) is 2.04. The summed E-state index contributed by atoms with van der Waals surface area (Å²) in [5.41, 5.74) is 2.90. The first kappa shape index (κ1) is 14.4. The minimum atomic E-state index is -0.453. The Kier molecular flexibility index (Phi) is 3.05. The summed E-state index contributed by atoms with van der Waals surface area (Å²) < 4.78 is 5.74. The van der Waals surface area contributed by atoms with Crippen molar-refractivity contribution in [2.24, 2.45) is 16.7 Å². The van der Waals surface area contributed by atoms with E-state index in [0.717, 1.165) is 36.0 Å². The van der Waals surface area contributed by atoms with E-state index in [1.165, 1.54) is 0 Å². The Morgan fingerprint density at radius 1 is 1.24 bits per heavy atom. The summed E-state index contributed by atoms with van der Waals surface area (Å²) in [6.45, 7) is 12.7. The average molecular weight is 284 g/mol. The molecule has 2 unspecified atom stereocenters. The zero-order valence-corrected chi connectivity index (χ0v) is 13.5. The molecule has 0 aliphatic heterocycles. The number of carbonyl (C=O) groups is 1. The lowest BCUT2D eigenvalue weighted by Crippen LogP contribution is -2.36. The molecule has 0 saturated heterocycles. The van der Waals surface area contributed by atoms with Gasteiger partial charge in [0.15, 0.2) is 0 Å². The lowest BCUT2D eigenvalue weighted by atomic mass is 9.68. The van der Waals surface area contributed by atoms with Crippen molar-refractivity contribution >= 4 is 5.97 Å². The summed E-state index contributed by atoms with van der Waals surface area (Å²) in [6, 6.07) is 5.94. The zero-order valence-electron chi connectivity index (χ0n) is 13.5. The molecule has 21 heavy (non-hydrogen) atoms. The van der Waals surface area contributed by atoms with Crippen molar-refractivity contribution in [2.75, 3.05) is 0 Å². The van der Waals surface area contributed by atoms with Crippen LogP contribution in [-0.2, 0) is 4.79 Å². The molecular formula is C19H24O2. The summed E-state index contributed by atoms with van der Waals surface area (Å²) in [5.74, 6) is 1.12. The van der Waals surface area contributed by atoms with Gasteiger partial charge in [-0.3, -0.25) is 4.79 Å². The molecule has 2 fully saturated rings. The van der Waals surface area contributed by atoms with E-state index >= 15 is 0 Å². The van der Waals surface area contributed by atoms with Crippen molar-refractivity contribution in [1.82, 2.24) is 0 Å². The Labute approximate surface area is 127 Å². The van der Waals surface area contributed by atoms with Gasteiger partial charge in [-0.05, 0) is 67.7 Å². The molecule has 0 amide bonds. The van der Waals surface area contributed by atoms with Crippen LogP contribution in [0.2, 0.25) is 0 Å². The summed E-state index contributed by atoms with van der Waals surface area (Å²) in [4.78, 5) is 12.8. The van der Waals surface area contributed by atoms with Gasteiger partial charge in [0, 0.05) is 0 Å². The molecule has 2 aliphatic rings. The van der Waals surface area contributed by atoms with Gasteiger partial charge in [0.25, 0.3) is 0 Å². The van der Waals surface area contributed by atoms with Crippen LogP contribution in [0.1, 0.15) is 44.2 Å². The molecule has 0 spiro atoms. The fourth-order valence-electron chi connectivity index (χ4n) is 4.30. The fraction of sp³-hybridized carbons (Fsp3) is 0.526. The minimum Gasteiger partial charge on any atom is -0.426 e. The standard InChI is InChI=1S/C19H24O2/c1-12-8-13(2)10-16(9-12)21-17(20)19-7-6-15(11-19)18(4,5)14(19)3/h8-10,15H,3,6-7,11H2,1-2,4-5H3. The van der Waals surface area contributed by atoms with Crippen LogP contribution in [0.3, 0.4) is 0 Å². The van der Waals surface area contributed by atoms with Gasteiger partial charge in [0.05, 0.1) is 5.41 Å². The molecule has 0 aromatic heterocycles. The van der Waals surface area contributed by atoms with Crippen molar-refractivity contribution in [3.05, 3.63) is 41.5 Å². The molecule has 0 radical (unpaired) electrons. The van der Waals surface area contributed by atoms with E-state index in [9.17, 15) is 4.79 Å². The molecule has 1 aromatic carbocycles. The predicted molar refractivity (Wildman–Crippen MR) is 84.2 cm³/mol. The van der Waals surface area contributed by atoms with E-state index in [2.05, 4.69) is 26.5 Å². The molecule has 2 atom stereocenters. The lowest BCUT2D eigenvalue weighted by Gasteiger charge is -2.36. The number of carbonyl (C=O) groups excluding carboxylic acids is 1. The minimum absolute atomic E-state index is 0.0553. The highest BCUT2D eigenvalue weighted by atomic mass is 16.5. The molecular weight excluding hydrogens is 260 g/mol. The Bertz CT molecular complexity index is 606. The topological polar surface area (TPSA) is 26.3 Å². The molecule has 3 rings (SSSR count). The van der Waals surface area contributed by atoms with Crippen molar-refractivity contribution in [2.45, 2.75) is 47.0 Å². The van der Waals surface area contributed by atoms with E-state index < -0.39 is 5.41 Å². The molecule has 2 bridgehead atoms. The maximum atomic E-state index is 12.8. The number of rotatable bonds is 2. The highest BCUT2D eigenvalue weighted by molar-refractivity contribution is 5.84. The number of esters is 1. The number of hydrogen-bond donors (Lipinski definition) is 0. The predicted octanol–water partition coefficient (Wildman–Crippen LogP) is 4.59. The Morgan fingerprint density at radius 2 is 1.86 bits per heavy atom. The first-order valence-electron chi connectivity index (χ1n) is 7.76. The molecule has 2 heteroatoms. The molecule has 0 heterocycles. The van der Waals surface area contributed by atoms with Gasteiger partial charge in [0.1, 0.15) is 5.75 Å². The van der Waals surface area contributed by atoms with E-state index in [0.29, 0.717) is 11.7 Å². The van der Waals surface area contributed by atoms with Crippen LogP contribution in [0.25, 0.3) is 0 Å². The van der Waals surface area contributed by atoms with Crippen LogP contribution in [0, 0.1) is 30.6 Å². The Hall–Kier alpha value is -1.57. The van der Waals surface area contributed by atoms with Crippen LogP contribution < -0.4 is 4.74 Å². The van der Waals surface area contributed by atoms with Crippen molar-refractivity contribution in [3.8, 4) is 5.75 Å². The van der Waals surface area contributed by atoms with Gasteiger partial charge < -0.3 is 4.74 Å². The quantitative estimate of drug-likeness (QED) is 0.451. The molecule has 0 N–H and O–H groups in total. The smallest absolute Gasteiger partial charge is 0.321 e. The molecule has 112 valence electrons. The highest BCUT2D eigenvalue weighted by Crippen LogP contribution is 2.65. The summed E-state index contributed by atoms with van der Waals surface area (Å²) in [5, 5.41) is 0. The van der Waals surface area contributed by atoms with E-state index in [1.54, 1.807) is 0 Å². The average Bonchev–Trinajstić information content (AvgIpc) is 2.89. The van der Waals surface area contributed by atoms with E-state index in [4.69, 9.17) is 4.74 Å². The molecule has 2 saturated carbocycles. The number of hydrogen-bond acceptors (Lipinski definition) is 2. The van der Waals surface area contributed by atoms with Crippen molar-refractivity contribution < 1.29 is 9.53 Å². The Balaban J connectivity index is 1.88. The second-order valence-corrected chi connectivity index (χ2v) is 7.44. The number of fused-ring (bicyclic) bond motifs is 2. The molecule has 1 aromatic rings. The van der Waals surface area contributed by atoms with E-state index in [-0.39, 0.29) is 11.4 Å². The van der Waals surface area contributed by atoms with Gasteiger partial charge in [0.2, 0.25) is 0 Å². The summed E-state index contributed by atoms with van der Waals surface area (Å²) in [7, 11) is 0. The van der Waals surface area contributed by atoms with Crippen LogP contribution in [0.4, 0.5) is 0 Å². The van der Waals surface area contributed by atoms with Crippen molar-refractivity contribution in [1.29, 1.82) is 0 Å². The second kappa shape index (κ2) is 4.46. The van der Waals surface area contributed by atoms with Crippen LogP contribution in [0.5, 0.6) is 5.75 Å². The van der Waals surface area contributed by atoms with Gasteiger partial charge >= 0.3 is 5.97 Å². The van der Waals surface area contributed by atoms with Crippen LogP contribution >= 0.6 is 0 Å². The summed E-state index contributed by atoms with van der Waals surface area (Å²) in [6.07, 6.45) is 2.90. The van der Waals surface area contributed by atoms with Crippen LogP contribution in [-0.4, -0.2) is 5.97 Å². The number of benzene rings is 1. The van der Waals surface area contributed by atoms with Gasteiger partial charge in [-0.2, -0.15) is 0 Å². The number of ether oxygens (including phenoxy) is 1. The third-order valence-corrected chi connectivity index (χ3v) is 5.69. The Morgan fingerprint density at radius 3 is 2.38 bits per heavy atom. The van der Waals surface area contributed by atoms with Gasteiger partial charge in [-0.15, -0.1) is 0 Å². The second-order valence-electron chi connectivity index (χ2n) is 7.44. The maximum Gasteiger partial charge on any atom is 0.321 e. The zero-order chi connectivity index (χ0) is 15.4. The lowest BCUT2D eigenvalue weighted by molar-refractivity contribution is -0.143. The summed E-state index contributed by atoms with van der Waals surface area (Å²) >= 11 is 0. The van der Waals surface area contributed by atoms with E-state index in [1.807, 2.05) is 26.0 Å².